The minimum Gasteiger partial charge on any atom is -0.493 e. The van der Waals surface area contributed by atoms with Crippen molar-refractivity contribution in [3.05, 3.63) is 84.2 Å². The molecular formula is C26H26N2O2. The van der Waals surface area contributed by atoms with Gasteiger partial charge in [0.05, 0.1) is 7.11 Å². The second kappa shape index (κ2) is 8.33. The molecule has 152 valence electrons. The molecule has 0 saturated carbocycles. The highest BCUT2D eigenvalue weighted by molar-refractivity contribution is 5.88. The lowest BCUT2D eigenvalue weighted by Crippen LogP contribution is -2.32. The fraction of sp³-hybridized carbons (Fsp3) is 0.269. The number of pyridine rings is 1. The summed E-state index contributed by atoms with van der Waals surface area (Å²) in [5, 5.41) is 1.08. The summed E-state index contributed by atoms with van der Waals surface area (Å²) in [6.07, 6.45) is 5.98. The number of aromatic nitrogens is 1. The van der Waals surface area contributed by atoms with E-state index in [1.54, 1.807) is 19.5 Å². The third-order valence-corrected chi connectivity index (χ3v) is 6.09. The minimum absolute atomic E-state index is 0.677. The highest BCUT2D eigenvalue weighted by atomic mass is 16.5. The molecule has 0 unspecified atom stereocenters. The summed E-state index contributed by atoms with van der Waals surface area (Å²) in [4.78, 5) is 6.64. The molecule has 0 aliphatic carbocycles. The van der Waals surface area contributed by atoms with Crippen molar-refractivity contribution >= 4 is 11.0 Å². The molecule has 1 saturated heterocycles. The Kier molecular flexibility index (Phi) is 5.24. The number of rotatable bonds is 5. The predicted molar refractivity (Wildman–Crippen MR) is 120 cm³/mol. The standard InChI is InChI=1S/C26H26N2O2/c1-29-25-16-19(15-23-17-24(30-26(23)25)22-7-11-27-12-8-22)18-28-13-9-21(10-14-28)20-5-3-2-4-6-20/h2-8,11-12,15-17,21H,9-10,13-14,18H2,1H3. The Balaban J connectivity index is 1.34. The molecule has 4 aromatic rings. The summed E-state index contributed by atoms with van der Waals surface area (Å²) in [5.41, 5.74) is 4.56. The number of hydrogen-bond donors (Lipinski definition) is 0. The van der Waals surface area contributed by atoms with Gasteiger partial charge in [-0.3, -0.25) is 9.88 Å². The molecular weight excluding hydrogens is 372 g/mol. The van der Waals surface area contributed by atoms with Gasteiger partial charge in [-0.05, 0) is 73.3 Å². The van der Waals surface area contributed by atoms with Crippen LogP contribution < -0.4 is 4.74 Å². The molecule has 2 aromatic heterocycles. The van der Waals surface area contributed by atoms with Gasteiger partial charge in [0.15, 0.2) is 11.3 Å². The van der Waals surface area contributed by atoms with Crippen LogP contribution in [-0.2, 0) is 6.54 Å². The van der Waals surface area contributed by atoms with Crippen LogP contribution in [-0.4, -0.2) is 30.1 Å². The molecule has 0 spiro atoms. The van der Waals surface area contributed by atoms with E-state index >= 15 is 0 Å². The zero-order chi connectivity index (χ0) is 20.3. The van der Waals surface area contributed by atoms with Crippen molar-refractivity contribution in [2.45, 2.75) is 25.3 Å². The molecule has 0 N–H and O–H groups in total. The van der Waals surface area contributed by atoms with E-state index in [0.29, 0.717) is 5.92 Å². The molecule has 3 heterocycles. The van der Waals surface area contributed by atoms with E-state index in [2.05, 4.69) is 58.4 Å². The van der Waals surface area contributed by atoms with Crippen LogP contribution in [0.2, 0.25) is 0 Å². The molecule has 5 rings (SSSR count). The average molecular weight is 399 g/mol. The Morgan fingerprint density at radius 3 is 2.50 bits per heavy atom. The number of likely N-dealkylation sites (tertiary alicyclic amines) is 1. The second-order valence-electron chi connectivity index (χ2n) is 8.02. The molecule has 1 fully saturated rings. The summed E-state index contributed by atoms with van der Waals surface area (Å²) in [6.45, 7) is 3.17. The van der Waals surface area contributed by atoms with Crippen LogP contribution in [0.1, 0.15) is 29.9 Å². The van der Waals surface area contributed by atoms with Crippen LogP contribution in [0.15, 0.2) is 77.5 Å². The van der Waals surface area contributed by atoms with Gasteiger partial charge in [-0.2, -0.15) is 0 Å². The maximum Gasteiger partial charge on any atom is 0.176 e. The molecule has 0 amide bonds. The van der Waals surface area contributed by atoms with Gasteiger partial charge >= 0.3 is 0 Å². The first-order chi connectivity index (χ1) is 14.8. The van der Waals surface area contributed by atoms with Crippen molar-refractivity contribution in [3.63, 3.8) is 0 Å². The SMILES string of the molecule is COc1cc(CN2CCC(c3ccccc3)CC2)cc2cc(-c3ccncc3)oc12. The van der Waals surface area contributed by atoms with E-state index in [0.717, 1.165) is 47.7 Å². The van der Waals surface area contributed by atoms with Gasteiger partial charge in [0.1, 0.15) is 5.76 Å². The van der Waals surface area contributed by atoms with Crippen LogP contribution >= 0.6 is 0 Å². The summed E-state index contributed by atoms with van der Waals surface area (Å²) < 4.78 is 11.8. The Hall–Kier alpha value is -3.11. The van der Waals surface area contributed by atoms with Gasteiger partial charge in [0, 0.05) is 29.9 Å². The lowest BCUT2D eigenvalue weighted by molar-refractivity contribution is 0.204. The van der Waals surface area contributed by atoms with Crippen molar-refractivity contribution in [1.29, 1.82) is 0 Å². The zero-order valence-corrected chi connectivity index (χ0v) is 17.3. The number of fused-ring (bicyclic) bond motifs is 1. The fourth-order valence-corrected chi connectivity index (χ4v) is 4.49. The zero-order valence-electron chi connectivity index (χ0n) is 17.3. The Morgan fingerprint density at radius 2 is 1.77 bits per heavy atom. The van der Waals surface area contributed by atoms with Crippen molar-refractivity contribution in [2.75, 3.05) is 20.2 Å². The monoisotopic (exact) mass is 398 g/mol. The molecule has 2 aromatic carbocycles. The van der Waals surface area contributed by atoms with E-state index in [1.807, 2.05) is 12.1 Å². The number of piperidine rings is 1. The van der Waals surface area contributed by atoms with E-state index in [4.69, 9.17) is 9.15 Å². The van der Waals surface area contributed by atoms with Gasteiger partial charge in [-0.15, -0.1) is 0 Å². The number of hydrogen-bond acceptors (Lipinski definition) is 4. The van der Waals surface area contributed by atoms with E-state index in [9.17, 15) is 0 Å². The van der Waals surface area contributed by atoms with E-state index in [1.165, 1.54) is 24.0 Å². The summed E-state index contributed by atoms with van der Waals surface area (Å²) in [5.74, 6) is 2.31. The lowest BCUT2D eigenvalue weighted by Gasteiger charge is -2.32. The smallest absolute Gasteiger partial charge is 0.176 e. The topological polar surface area (TPSA) is 38.5 Å². The largest absolute Gasteiger partial charge is 0.493 e. The molecule has 4 nitrogen and oxygen atoms in total. The van der Waals surface area contributed by atoms with Crippen molar-refractivity contribution in [1.82, 2.24) is 9.88 Å². The fourth-order valence-electron chi connectivity index (χ4n) is 4.49. The molecule has 1 aliphatic heterocycles. The average Bonchev–Trinajstić information content (AvgIpc) is 3.24. The summed E-state index contributed by atoms with van der Waals surface area (Å²) >= 11 is 0. The lowest BCUT2D eigenvalue weighted by atomic mass is 9.89. The second-order valence-corrected chi connectivity index (χ2v) is 8.02. The van der Waals surface area contributed by atoms with Gasteiger partial charge in [0.25, 0.3) is 0 Å². The van der Waals surface area contributed by atoms with E-state index in [-0.39, 0.29) is 0 Å². The number of methoxy groups -OCH3 is 1. The number of nitrogens with zero attached hydrogens (tertiary/aromatic N) is 2. The van der Waals surface area contributed by atoms with E-state index < -0.39 is 0 Å². The minimum atomic E-state index is 0.677. The highest BCUT2D eigenvalue weighted by Gasteiger charge is 2.21. The van der Waals surface area contributed by atoms with Crippen LogP contribution in [0, 0.1) is 0 Å². The molecule has 30 heavy (non-hydrogen) atoms. The first-order valence-corrected chi connectivity index (χ1v) is 10.6. The van der Waals surface area contributed by atoms with Crippen molar-refractivity contribution in [2.24, 2.45) is 0 Å². The predicted octanol–water partition coefficient (Wildman–Crippen LogP) is 5.88. The highest BCUT2D eigenvalue weighted by Crippen LogP contribution is 2.35. The van der Waals surface area contributed by atoms with Gasteiger partial charge in [0.2, 0.25) is 0 Å². The summed E-state index contributed by atoms with van der Waals surface area (Å²) in [6, 6.07) is 21.3. The Morgan fingerprint density at radius 1 is 1.00 bits per heavy atom. The molecule has 1 aliphatic rings. The molecule has 0 radical (unpaired) electrons. The first-order valence-electron chi connectivity index (χ1n) is 10.6. The maximum absolute atomic E-state index is 6.12. The van der Waals surface area contributed by atoms with Crippen molar-refractivity contribution in [3.8, 4) is 17.1 Å². The normalized spacial score (nSPS) is 15.5. The number of ether oxygens (including phenoxy) is 1. The molecule has 0 atom stereocenters. The Bertz CT molecular complexity index is 1110. The first kappa shape index (κ1) is 18.9. The van der Waals surface area contributed by atoms with Gasteiger partial charge in [-0.1, -0.05) is 30.3 Å². The molecule has 4 heteroatoms. The maximum atomic E-state index is 6.12. The summed E-state index contributed by atoms with van der Waals surface area (Å²) in [7, 11) is 1.71. The third-order valence-electron chi connectivity index (χ3n) is 6.09. The van der Waals surface area contributed by atoms with Gasteiger partial charge in [-0.25, -0.2) is 0 Å². The van der Waals surface area contributed by atoms with Crippen LogP contribution in [0.5, 0.6) is 5.75 Å². The number of benzene rings is 2. The number of furan rings is 1. The Labute approximate surface area is 177 Å². The van der Waals surface area contributed by atoms with Gasteiger partial charge < -0.3 is 9.15 Å². The van der Waals surface area contributed by atoms with Crippen LogP contribution in [0.25, 0.3) is 22.3 Å². The third kappa shape index (κ3) is 3.83. The van der Waals surface area contributed by atoms with Crippen LogP contribution in [0.4, 0.5) is 0 Å². The molecule has 0 bridgehead atoms. The quantitative estimate of drug-likeness (QED) is 0.421. The van der Waals surface area contributed by atoms with Crippen molar-refractivity contribution < 1.29 is 9.15 Å². The van der Waals surface area contributed by atoms with Crippen LogP contribution in [0.3, 0.4) is 0 Å².